The minimum atomic E-state index is -0.886. The third kappa shape index (κ3) is 3.67. The van der Waals surface area contributed by atoms with Gasteiger partial charge in [0.1, 0.15) is 5.82 Å². The standard InChI is InChI=1S/C21H18BrN5O2/c22-14-2-6-18-19(7-14)27(17-4-5-17)21(25-18)13-1-3-15(23-9-13)10-26-11-16(24-12-26)8-20(28)29/h1-3,6-7,9,11-12,17H,4-5,8,10H2,(H,28,29). The maximum absolute atomic E-state index is 10.8. The second-order valence-corrected chi connectivity index (χ2v) is 8.23. The van der Waals surface area contributed by atoms with Crippen LogP contribution in [0.1, 0.15) is 30.3 Å². The van der Waals surface area contributed by atoms with E-state index in [9.17, 15) is 4.79 Å². The van der Waals surface area contributed by atoms with Crippen molar-refractivity contribution in [2.75, 3.05) is 0 Å². The zero-order valence-corrected chi connectivity index (χ0v) is 17.1. The van der Waals surface area contributed by atoms with Crippen LogP contribution in [0.25, 0.3) is 22.4 Å². The molecule has 3 heterocycles. The van der Waals surface area contributed by atoms with Crippen LogP contribution < -0.4 is 0 Å². The molecule has 0 bridgehead atoms. The topological polar surface area (TPSA) is 85.8 Å². The molecule has 1 aliphatic carbocycles. The summed E-state index contributed by atoms with van der Waals surface area (Å²) in [6.45, 7) is 0.541. The van der Waals surface area contributed by atoms with Gasteiger partial charge in [-0.1, -0.05) is 15.9 Å². The number of pyridine rings is 1. The summed E-state index contributed by atoms with van der Waals surface area (Å²) in [4.78, 5) is 24.4. The number of carboxylic acids is 1. The lowest BCUT2D eigenvalue weighted by Crippen LogP contribution is -2.02. The van der Waals surface area contributed by atoms with Crippen molar-refractivity contribution in [2.45, 2.75) is 31.8 Å². The summed E-state index contributed by atoms with van der Waals surface area (Å²) >= 11 is 3.56. The fourth-order valence-corrected chi connectivity index (χ4v) is 3.90. The normalized spacial score (nSPS) is 13.8. The van der Waals surface area contributed by atoms with E-state index in [2.05, 4.69) is 36.5 Å². The fourth-order valence-electron chi connectivity index (χ4n) is 3.55. The molecule has 1 saturated carbocycles. The lowest BCUT2D eigenvalue weighted by atomic mass is 10.2. The van der Waals surface area contributed by atoms with Crippen LogP contribution in [0.3, 0.4) is 0 Å². The van der Waals surface area contributed by atoms with Gasteiger partial charge in [0.2, 0.25) is 0 Å². The highest BCUT2D eigenvalue weighted by molar-refractivity contribution is 9.10. The number of hydrogen-bond donors (Lipinski definition) is 1. The summed E-state index contributed by atoms with van der Waals surface area (Å²) in [5.74, 6) is 0.0642. The number of rotatable bonds is 6. The Labute approximate surface area is 175 Å². The molecule has 8 heteroatoms. The van der Waals surface area contributed by atoms with Gasteiger partial charge in [0, 0.05) is 28.5 Å². The molecular weight excluding hydrogens is 434 g/mol. The van der Waals surface area contributed by atoms with Gasteiger partial charge in [0.15, 0.2) is 0 Å². The molecule has 0 atom stereocenters. The van der Waals surface area contributed by atoms with Crippen molar-refractivity contribution in [3.8, 4) is 11.4 Å². The van der Waals surface area contributed by atoms with Crippen molar-refractivity contribution in [3.05, 3.63) is 64.9 Å². The molecule has 7 nitrogen and oxygen atoms in total. The molecule has 146 valence electrons. The highest BCUT2D eigenvalue weighted by Crippen LogP contribution is 2.41. The molecule has 1 aromatic carbocycles. The van der Waals surface area contributed by atoms with Gasteiger partial charge in [-0.15, -0.1) is 0 Å². The minimum absolute atomic E-state index is 0.0765. The molecule has 0 saturated heterocycles. The molecule has 3 aromatic heterocycles. The fraction of sp³-hybridized carbons (Fsp3) is 0.238. The molecule has 1 aliphatic rings. The Morgan fingerprint density at radius 1 is 1.17 bits per heavy atom. The summed E-state index contributed by atoms with van der Waals surface area (Å²) in [5.41, 5.74) is 4.54. The number of hydrogen-bond acceptors (Lipinski definition) is 4. The Morgan fingerprint density at radius 2 is 2.03 bits per heavy atom. The van der Waals surface area contributed by atoms with Crippen LogP contribution in [-0.2, 0) is 17.8 Å². The SMILES string of the molecule is O=C(O)Cc1cn(Cc2ccc(-c3nc4ccc(Br)cc4n3C3CC3)cn2)cn1. The number of benzene rings is 1. The van der Waals surface area contributed by atoms with Gasteiger partial charge >= 0.3 is 5.97 Å². The van der Waals surface area contributed by atoms with Crippen LogP contribution in [0.4, 0.5) is 0 Å². The van der Waals surface area contributed by atoms with Crippen LogP contribution >= 0.6 is 15.9 Å². The second-order valence-electron chi connectivity index (χ2n) is 7.32. The third-order valence-electron chi connectivity index (χ3n) is 5.01. The van der Waals surface area contributed by atoms with Crippen LogP contribution in [0.5, 0.6) is 0 Å². The first-order valence-corrected chi connectivity index (χ1v) is 10.2. The minimum Gasteiger partial charge on any atom is -0.481 e. The first-order valence-electron chi connectivity index (χ1n) is 9.42. The molecule has 4 aromatic rings. The molecule has 0 radical (unpaired) electrons. The Hall–Kier alpha value is -3.00. The second kappa shape index (κ2) is 7.11. The largest absolute Gasteiger partial charge is 0.481 e. The van der Waals surface area contributed by atoms with Crippen molar-refractivity contribution >= 4 is 32.9 Å². The van der Waals surface area contributed by atoms with Crippen molar-refractivity contribution in [1.82, 2.24) is 24.1 Å². The molecule has 0 aliphatic heterocycles. The molecule has 29 heavy (non-hydrogen) atoms. The maximum atomic E-state index is 10.8. The van der Waals surface area contributed by atoms with E-state index in [-0.39, 0.29) is 6.42 Å². The van der Waals surface area contributed by atoms with E-state index in [1.807, 2.05) is 35.0 Å². The molecule has 1 fully saturated rings. The van der Waals surface area contributed by atoms with Crippen molar-refractivity contribution in [1.29, 1.82) is 0 Å². The number of imidazole rings is 2. The Bertz CT molecular complexity index is 1210. The zero-order valence-electron chi connectivity index (χ0n) is 15.5. The number of fused-ring (bicyclic) bond motifs is 1. The average molecular weight is 452 g/mol. The number of carboxylic acid groups (broad SMARTS) is 1. The van der Waals surface area contributed by atoms with E-state index in [1.165, 1.54) is 12.8 Å². The van der Waals surface area contributed by atoms with Gasteiger partial charge < -0.3 is 14.2 Å². The van der Waals surface area contributed by atoms with Gasteiger partial charge in [-0.25, -0.2) is 9.97 Å². The van der Waals surface area contributed by atoms with E-state index >= 15 is 0 Å². The molecule has 0 amide bonds. The van der Waals surface area contributed by atoms with E-state index in [1.54, 1.807) is 12.5 Å². The highest BCUT2D eigenvalue weighted by atomic mass is 79.9. The summed E-state index contributed by atoms with van der Waals surface area (Å²) in [6.07, 6.45) is 7.52. The van der Waals surface area contributed by atoms with E-state index in [4.69, 9.17) is 10.1 Å². The van der Waals surface area contributed by atoms with Crippen molar-refractivity contribution < 1.29 is 9.90 Å². The Kier molecular flexibility index (Phi) is 4.43. The van der Waals surface area contributed by atoms with E-state index < -0.39 is 5.97 Å². The summed E-state index contributed by atoms with van der Waals surface area (Å²) in [5, 5.41) is 8.87. The van der Waals surface area contributed by atoms with E-state index in [0.717, 1.165) is 32.6 Å². The molecular formula is C21H18BrN5O2. The van der Waals surface area contributed by atoms with Crippen LogP contribution in [-0.4, -0.2) is 35.2 Å². The first kappa shape index (κ1) is 18.1. The van der Waals surface area contributed by atoms with Gasteiger partial charge in [-0.05, 0) is 43.2 Å². The predicted molar refractivity (Wildman–Crippen MR) is 112 cm³/mol. The lowest BCUT2D eigenvalue weighted by molar-refractivity contribution is -0.136. The summed E-state index contributed by atoms with van der Waals surface area (Å²) in [6, 6.07) is 10.7. The number of nitrogens with zero attached hydrogens (tertiary/aromatic N) is 5. The number of carbonyl (C=O) groups is 1. The highest BCUT2D eigenvalue weighted by Gasteiger charge is 2.28. The third-order valence-corrected chi connectivity index (χ3v) is 5.50. The monoisotopic (exact) mass is 451 g/mol. The van der Waals surface area contributed by atoms with Crippen LogP contribution in [0.15, 0.2) is 53.5 Å². The van der Waals surface area contributed by atoms with Crippen molar-refractivity contribution in [2.24, 2.45) is 0 Å². The van der Waals surface area contributed by atoms with Gasteiger partial charge in [-0.3, -0.25) is 9.78 Å². The molecule has 5 rings (SSSR count). The molecule has 0 spiro atoms. The van der Waals surface area contributed by atoms with Gasteiger partial charge in [-0.2, -0.15) is 0 Å². The molecule has 0 unspecified atom stereocenters. The summed E-state index contributed by atoms with van der Waals surface area (Å²) < 4.78 is 5.22. The van der Waals surface area contributed by atoms with E-state index in [0.29, 0.717) is 18.3 Å². The average Bonchev–Trinajstić information content (AvgIpc) is 3.33. The van der Waals surface area contributed by atoms with Crippen LogP contribution in [0, 0.1) is 0 Å². The lowest BCUT2D eigenvalue weighted by Gasteiger charge is -2.08. The van der Waals surface area contributed by atoms with Gasteiger partial charge in [0.05, 0.1) is 41.7 Å². The van der Waals surface area contributed by atoms with Gasteiger partial charge in [0.25, 0.3) is 0 Å². The summed E-state index contributed by atoms with van der Waals surface area (Å²) in [7, 11) is 0. The van der Waals surface area contributed by atoms with Crippen molar-refractivity contribution in [3.63, 3.8) is 0 Å². The Balaban J connectivity index is 1.42. The quantitative estimate of drug-likeness (QED) is 0.477. The zero-order chi connectivity index (χ0) is 20.0. The predicted octanol–water partition coefficient (Wildman–Crippen LogP) is 4.07. The maximum Gasteiger partial charge on any atom is 0.309 e. The number of aliphatic carboxylic acids is 1. The number of halogens is 1. The Morgan fingerprint density at radius 3 is 2.76 bits per heavy atom. The smallest absolute Gasteiger partial charge is 0.309 e. The van der Waals surface area contributed by atoms with Crippen LogP contribution in [0.2, 0.25) is 0 Å². The molecule has 1 N–H and O–H groups in total. The number of aromatic nitrogens is 5. The first-order chi connectivity index (χ1) is 14.1.